The molecule has 0 bridgehead atoms. The van der Waals surface area contributed by atoms with Gasteiger partial charge in [-0.25, -0.2) is 14.4 Å². The third kappa shape index (κ3) is 3.14. The molecule has 3 aromatic heterocycles. The van der Waals surface area contributed by atoms with E-state index < -0.39 is 6.17 Å². The molecular weight excluding hydrogens is 331 g/mol. The van der Waals surface area contributed by atoms with Crippen LogP contribution in [0.15, 0.2) is 36.8 Å². The number of fused-ring (bicyclic) bond motifs is 1. The summed E-state index contributed by atoms with van der Waals surface area (Å²) in [7, 11) is 0. The minimum Gasteiger partial charge on any atom is -0.363 e. The number of aromatic nitrogens is 4. The van der Waals surface area contributed by atoms with E-state index in [4.69, 9.17) is 0 Å². The van der Waals surface area contributed by atoms with Crippen molar-refractivity contribution in [2.75, 3.05) is 18.4 Å². The van der Waals surface area contributed by atoms with Gasteiger partial charge in [0.25, 0.3) is 0 Å². The second kappa shape index (κ2) is 6.32. The fourth-order valence-electron chi connectivity index (χ4n) is 3.10. The number of halogens is 1. The first-order valence-corrected chi connectivity index (χ1v) is 8.84. The summed E-state index contributed by atoms with van der Waals surface area (Å²) in [6.45, 7) is 7.37. The Bertz CT molecular complexity index is 929. The molecule has 2 unspecified atom stereocenters. The van der Waals surface area contributed by atoms with Crippen molar-refractivity contribution in [1.29, 1.82) is 0 Å². The maximum Gasteiger partial charge on any atom is 0.155 e. The lowest BCUT2D eigenvalue weighted by Crippen LogP contribution is -2.29. The van der Waals surface area contributed by atoms with Gasteiger partial charge < -0.3 is 10.6 Å². The van der Waals surface area contributed by atoms with Crippen molar-refractivity contribution in [2.45, 2.75) is 38.4 Å². The highest BCUT2D eigenvalue weighted by molar-refractivity contribution is 5.61. The van der Waals surface area contributed by atoms with Gasteiger partial charge in [0.1, 0.15) is 12.0 Å². The molecule has 4 heterocycles. The lowest BCUT2D eigenvalue weighted by Gasteiger charge is -2.18. The van der Waals surface area contributed by atoms with Crippen molar-refractivity contribution < 1.29 is 4.39 Å². The van der Waals surface area contributed by atoms with Crippen LogP contribution in [0.3, 0.4) is 0 Å². The predicted molar refractivity (Wildman–Crippen MR) is 100 cm³/mol. The van der Waals surface area contributed by atoms with Crippen LogP contribution in [-0.4, -0.2) is 44.7 Å². The Kier molecular flexibility index (Phi) is 4.11. The highest BCUT2D eigenvalue weighted by Crippen LogP contribution is 2.25. The van der Waals surface area contributed by atoms with Gasteiger partial charge in [-0.2, -0.15) is 0 Å². The Hall–Kier alpha value is -2.54. The van der Waals surface area contributed by atoms with E-state index in [9.17, 15) is 4.39 Å². The molecule has 0 spiro atoms. The summed E-state index contributed by atoms with van der Waals surface area (Å²) in [5.41, 5.74) is 3.37. The van der Waals surface area contributed by atoms with Crippen LogP contribution in [0.2, 0.25) is 0 Å². The van der Waals surface area contributed by atoms with Crippen LogP contribution >= 0.6 is 0 Å². The summed E-state index contributed by atoms with van der Waals surface area (Å²) >= 11 is 0. The summed E-state index contributed by atoms with van der Waals surface area (Å²) in [4.78, 5) is 13.6. The van der Waals surface area contributed by atoms with Gasteiger partial charge >= 0.3 is 0 Å². The summed E-state index contributed by atoms with van der Waals surface area (Å²) < 4.78 is 15.8. The number of pyridine rings is 1. The zero-order valence-electron chi connectivity index (χ0n) is 15.2. The SMILES string of the molecule is CC(C)(C)c1cn2c(-c3cccc(NC4CNCC4F)n3)cnc2cn1. The van der Waals surface area contributed by atoms with Gasteiger partial charge in [0.15, 0.2) is 5.65 Å². The van der Waals surface area contributed by atoms with Crippen molar-refractivity contribution in [3.05, 3.63) is 42.5 Å². The number of imidazole rings is 1. The topological polar surface area (TPSA) is 67.1 Å². The van der Waals surface area contributed by atoms with E-state index in [0.717, 1.165) is 22.7 Å². The summed E-state index contributed by atoms with van der Waals surface area (Å²) in [6.07, 6.45) is 4.68. The normalized spacial score (nSPS) is 20.6. The number of hydrogen-bond donors (Lipinski definition) is 2. The Morgan fingerprint density at radius 3 is 2.77 bits per heavy atom. The molecule has 4 rings (SSSR count). The molecule has 1 aliphatic heterocycles. The van der Waals surface area contributed by atoms with Crippen molar-refractivity contribution in [3.63, 3.8) is 0 Å². The smallest absolute Gasteiger partial charge is 0.155 e. The molecule has 26 heavy (non-hydrogen) atoms. The third-order valence-electron chi connectivity index (χ3n) is 4.65. The molecule has 0 saturated carbocycles. The molecule has 3 aromatic rings. The quantitative estimate of drug-likeness (QED) is 0.757. The monoisotopic (exact) mass is 354 g/mol. The number of nitrogens with zero attached hydrogens (tertiary/aromatic N) is 4. The number of anilines is 1. The van der Waals surface area contributed by atoms with Crippen LogP contribution in [0.5, 0.6) is 0 Å². The Labute approximate surface area is 151 Å². The first kappa shape index (κ1) is 16.9. The van der Waals surface area contributed by atoms with E-state index in [-0.39, 0.29) is 11.5 Å². The molecule has 6 nitrogen and oxygen atoms in total. The van der Waals surface area contributed by atoms with Gasteiger partial charge in [-0.05, 0) is 12.1 Å². The average Bonchev–Trinajstić information content (AvgIpc) is 3.20. The molecule has 0 aromatic carbocycles. The summed E-state index contributed by atoms with van der Waals surface area (Å²) in [5.74, 6) is 0.666. The molecule has 0 aliphatic carbocycles. The van der Waals surface area contributed by atoms with Gasteiger partial charge in [-0.15, -0.1) is 0 Å². The Morgan fingerprint density at radius 1 is 1.19 bits per heavy atom. The standard InChI is InChI=1S/C19H23FN6/c1-19(2,3)16-11-26-15(9-23-18(26)10-22-16)13-5-4-6-17(24-13)25-14-8-21-7-12(14)20/h4-6,9-12,14,21H,7-8H2,1-3H3,(H,24,25). The van der Waals surface area contributed by atoms with Gasteiger partial charge in [-0.3, -0.25) is 9.38 Å². The van der Waals surface area contributed by atoms with Crippen LogP contribution in [0.4, 0.5) is 10.2 Å². The average molecular weight is 354 g/mol. The molecule has 1 fully saturated rings. The number of hydrogen-bond acceptors (Lipinski definition) is 5. The van der Waals surface area contributed by atoms with E-state index in [1.54, 1.807) is 12.4 Å². The van der Waals surface area contributed by atoms with Gasteiger partial charge in [0, 0.05) is 24.7 Å². The first-order valence-electron chi connectivity index (χ1n) is 8.84. The van der Waals surface area contributed by atoms with Crippen LogP contribution in [-0.2, 0) is 5.41 Å². The fourth-order valence-corrected chi connectivity index (χ4v) is 3.10. The van der Waals surface area contributed by atoms with Crippen LogP contribution in [0, 0.1) is 0 Å². The number of nitrogens with one attached hydrogen (secondary N) is 2. The van der Waals surface area contributed by atoms with Crippen molar-refractivity contribution >= 4 is 11.5 Å². The van der Waals surface area contributed by atoms with Crippen LogP contribution in [0.1, 0.15) is 26.5 Å². The molecule has 7 heteroatoms. The fraction of sp³-hybridized carbons (Fsp3) is 0.421. The number of alkyl halides is 1. The largest absolute Gasteiger partial charge is 0.363 e. The number of rotatable bonds is 3. The zero-order chi connectivity index (χ0) is 18.3. The van der Waals surface area contributed by atoms with Gasteiger partial charge in [-0.1, -0.05) is 26.8 Å². The molecular formula is C19H23FN6. The van der Waals surface area contributed by atoms with Crippen LogP contribution < -0.4 is 10.6 Å². The maximum atomic E-state index is 13.8. The molecule has 2 atom stereocenters. The second-order valence-electron chi connectivity index (χ2n) is 7.73. The van der Waals surface area contributed by atoms with E-state index in [1.165, 1.54) is 0 Å². The first-order chi connectivity index (χ1) is 12.4. The van der Waals surface area contributed by atoms with E-state index in [2.05, 4.69) is 46.4 Å². The maximum absolute atomic E-state index is 13.8. The van der Waals surface area contributed by atoms with Gasteiger partial charge in [0.05, 0.1) is 35.5 Å². The zero-order valence-corrected chi connectivity index (χ0v) is 15.2. The minimum absolute atomic E-state index is 0.0574. The van der Waals surface area contributed by atoms with Gasteiger partial charge in [0.2, 0.25) is 0 Å². The lowest BCUT2D eigenvalue weighted by atomic mass is 9.93. The summed E-state index contributed by atoms with van der Waals surface area (Å²) in [6, 6.07) is 5.47. The molecule has 0 radical (unpaired) electrons. The Morgan fingerprint density at radius 2 is 2.04 bits per heavy atom. The molecule has 2 N–H and O–H groups in total. The third-order valence-corrected chi connectivity index (χ3v) is 4.65. The minimum atomic E-state index is -0.906. The molecule has 1 aliphatic rings. The highest BCUT2D eigenvalue weighted by atomic mass is 19.1. The Balaban J connectivity index is 1.70. The van der Waals surface area contributed by atoms with Crippen LogP contribution in [0.25, 0.3) is 17.0 Å². The van der Waals surface area contributed by atoms with E-state index in [0.29, 0.717) is 18.9 Å². The van der Waals surface area contributed by atoms with Crippen molar-refractivity contribution in [1.82, 2.24) is 24.7 Å². The van der Waals surface area contributed by atoms with Crippen molar-refractivity contribution in [2.24, 2.45) is 0 Å². The van der Waals surface area contributed by atoms with E-state index >= 15 is 0 Å². The molecule has 0 amide bonds. The van der Waals surface area contributed by atoms with Crippen molar-refractivity contribution in [3.8, 4) is 11.4 Å². The lowest BCUT2D eigenvalue weighted by molar-refractivity contribution is 0.342. The molecule has 1 saturated heterocycles. The molecule has 136 valence electrons. The van der Waals surface area contributed by atoms with E-state index in [1.807, 2.05) is 28.8 Å². The second-order valence-corrected chi connectivity index (χ2v) is 7.73. The highest BCUT2D eigenvalue weighted by Gasteiger charge is 2.26. The summed E-state index contributed by atoms with van der Waals surface area (Å²) in [5, 5.41) is 6.23. The predicted octanol–water partition coefficient (Wildman–Crippen LogP) is 2.81.